The van der Waals surface area contributed by atoms with Gasteiger partial charge in [-0.2, -0.15) is 0 Å². The number of nitrogens with one attached hydrogen (secondary N) is 1. The van der Waals surface area contributed by atoms with Gasteiger partial charge in [-0.3, -0.25) is 10.0 Å². The highest BCUT2D eigenvalue weighted by Gasteiger charge is 2.15. The van der Waals surface area contributed by atoms with Gasteiger partial charge in [-0.15, -0.1) is 0 Å². The van der Waals surface area contributed by atoms with Gasteiger partial charge < -0.3 is 9.84 Å². The normalized spacial score (nSPS) is 9.95. The van der Waals surface area contributed by atoms with Gasteiger partial charge in [0.05, 0.1) is 0 Å². The van der Waals surface area contributed by atoms with Crippen LogP contribution in [-0.4, -0.2) is 22.2 Å². The minimum Gasteiger partial charge on any atom is -0.488 e. The smallest absolute Gasteiger partial charge is 0.339 e. The highest BCUT2D eigenvalue weighted by molar-refractivity contribution is 5.98. The number of amides is 1. The number of aromatic carboxylic acids is 1. The van der Waals surface area contributed by atoms with E-state index in [4.69, 9.17) is 15.1 Å². The molecule has 0 spiro atoms. The zero-order valence-electron chi connectivity index (χ0n) is 10.9. The third kappa shape index (κ3) is 3.58. The summed E-state index contributed by atoms with van der Waals surface area (Å²) in [6, 6.07) is 13.2. The van der Waals surface area contributed by atoms with Gasteiger partial charge in [-0.05, 0) is 23.8 Å². The largest absolute Gasteiger partial charge is 0.488 e. The van der Waals surface area contributed by atoms with Gasteiger partial charge in [0.1, 0.15) is 17.9 Å². The number of benzene rings is 2. The van der Waals surface area contributed by atoms with E-state index in [1.165, 1.54) is 17.6 Å². The SMILES string of the molecule is O=C(NO)c1ccc(OCc2ccccc2)c(C(=O)O)c1. The van der Waals surface area contributed by atoms with E-state index in [1.807, 2.05) is 30.3 Å². The van der Waals surface area contributed by atoms with Gasteiger partial charge in [0.2, 0.25) is 0 Å². The molecule has 0 aliphatic carbocycles. The average molecular weight is 287 g/mol. The fraction of sp³-hybridized carbons (Fsp3) is 0.0667. The van der Waals surface area contributed by atoms with Crippen LogP contribution < -0.4 is 10.2 Å². The predicted molar refractivity (Wildman–Crippen MR) is 73.4 cm³/mol. The molecule has 2 rings (SSSR count). The summed E-state index contributed by atoms with van der Waals surface area (Å²) >= 11 is 0. The van der Waals surface area contributed by atoms with Crippen LogP contribution in [-0.2, 0) is 6.61 Å². The first-order valence-electron chi connectivity index (χ1n) is 6.10. The van der Waals surface area contributed by atoms with Crippen LogP contribution in [0.4, 0.5) is 0 Å². The maximum absolute atomic E-state index is 11.3. The molecule has 6 heteroatoms. The van der Waals surface area contributed by atoms with Crippen molar-refractivity contribution in [2.75, 3.05) is 0 Å². The molecule has 0 radical (unpaired) electrons. The highest BCUT2D eigenvalue weighted by atomic mass is 16.5. The zero-order valence-corrected chi connectivity index (χ0v) is 10.9. The second-order valence-electron chi connectivity index (χ2n) is 4.23. The van der Waals surface area contributed by atoms with Gasteiger partial charge >= 0.3 is 5.97 Å². The van der Waals surface area contributed by atoms with E-state index >= 15 is 0 Å². The number of carbonyl (C=O) groups excluding carboxylic acids is 1. The van der Waals surface area contributed by atoms with Crippen LogP contribution in [0.2, 0.25) is 0 Å². The average Bonchev–Trinajstić information content (AvgIpc) is 2.52. The molecule has 0 aromatic heterocycles. The molecule has 21 heavy (non-hydrogen) atoms. The maximum atomic E-state index is 11.3. The first kappa shape index (κ1) is 14.5. The van der Waals surface area contributed by atoms with E-state index in [0.29, 0.717) is 0 Å². The Balaban J connectivity index is 2.22. The fourth-order valence-corrected chi connectivity index (χ4v) is 1.76. The van der Waals surface area contributed by atoms with Crippen molar-refractivity contribution < 1.29 is 24.6 Å². The van der Waals surface area contributed by atoms with Gasteiger partial charge in [0, 0.05) is 5.56 Å². The molecule has 0 atom stereocenters. The van der Waals surface area contributed by atoms with Crippen molar-refractivity contribution in [1.82, 2.24) is 5.48 Å². The third-order valence-corrected chi connectivity index (χ3v) is 2.81. The maximum Gasteiger partial charge on any atom is 0.339 e. The molecular formula is C15H13NO5. The first-order valence-corrected chi connectivity index (χ1v) is 6.10. The van der Waals surface area contributed by atoms with Crippen molar-refractivity contribution in [3.05, 3.63) is 65.2 Å². The summed E-state index contributed by atoms with van der Waals surface area (Å²) in [7, 11) is 0. The molecule has 0 heterocycles. The van der Waals surface area contributed by atoms with E-state index in [-0.39, 0.29) is 23.5 Å². The summed E-state index contributed by atoms with van der Waals surface area (Å²) in [5.74, 6) is -1.85. The van der Waals surface area contributed by atoms with E-state index < -0.39 is 11.9 Å². The van der Waals surface area contributed by atoms with E-state index in [1.54, 1.807) is 0 Å². The molecule has 0 aliphatic rings. The first-order chi connectivity index (χ1) is 10.1. The van der Waals surface area contributed by atoms with Crippen molar-refractivity contribution in [3.8, 4) is 5.75 Å². The van der Waals surface area contributed by atoms with Crippen LogP contribution >= 0.6 is 0 Å². The van der Waals surface area contributed by atoms with Gasteiger partial charge in [0.15, 0.2) is 0 Å². The van der Waals surface area contributed by atoms with Gasteiger partial charge in [-0.1, -0.05) is 30.3 Å². The molecule has 0 fully saturated rings. The molecule has 2 aromatic rings. The molecule has 2 aromatic carbocycles. The van der Waals surface area contributed by atoms with E-state index in [2.05, 4.69) is 0 Å². The Hall–Kier alpha value is -2.86. The Morgan fingerprint density at radius 2 is 1.81 bits per heavy atom. The van der Waals surface area contributed by atoms with Crippen molar-refractivity contribution in [2.45, 2.75) is 6.61 Å². The molecular weight excluding hydrogens is 274 g/mol. The minimum absolute atomic E-state index is 0.0296. The second-order valence-corrected chi connectivity index (χ2v) is 4.23. The Labute approximate surface area is 120 Å². The minimum atomic E-state index is -1.22. The number of ether oxygens (including phenoxy) is 1. The molecule has 0 saturated carbocycles. The summed E-state index contributed by atoms with van der Waals surface area (Å²) < 4.78 is 5.48. The molecule has 3 N–H and O–H groups in total. The number of carboxylic acid groups (broad SMARTS) is 1. The van der Waals surface area contributed by atoms with Crippen molar-refractivity contribution in [2.24, 2.45) is 0 Å². The standard InChI is InChI=1S/C15H13NO5/c17-14(16-20)11-6-7-13(12(8-11)15(18)19)21-9-10-4-2-1-3-5-10/h1-8,20H,9H2,(H,16,17)(H,18,19). The molecule has 1 amide bonds. The lowest BCUT2D eigenvalue weighted by Crippen LogP contribution is -2.19. The lowest BCUT2D eigenvalue weighted by molar-refractivity contribution is 0.0691. The molecule has 108 valence electrons. The van der Waals surface area contributed by atoms with E-state index in [9.17, 15) is 9.59 Å². The van der Waals surface area contributed by atoms with Crippen LogP contribution in [0.25, 0.3) is 0 Å². The monoisotopic (exact) mass is 287 g/mol. The molecule has 0 aliphatic heterocycles. The number of hydroxylamine groups is 1. The van der Waals surface area contributed by atoms with Crippen molar-refractivity contribution in [3.63, 3.8) is 0 Å². The second kappa shape index (κ2) is 6.53. The lowest BCUT2D eigenvalue weighted by atomic mass is 10.1. The van der Waals surface area contributed by atoms with Crippen molar-refractivity contribution in [1.29, 1.82) is 0 Å². The summed E-state index contributed by atoms with van der Waals surface area (Å²) in [4.78, 5) is 22.5. The topological polar surface area (TPSA) is 95.9 Å². The summed E-state index contributed by atoms with van der Waals surface area (Å²) in [6.07, 6.45) is 0. The Bertz CT molecular complexity index is 654. The molecule has 0 saturated heterocycles. The lowest BCUT2D eigenvalue weighted by Gasteiger charge is -2.10. The van der Waals surface area contributed by atoms with Crippen LogP contribution in [0.5, 0.6) is 5.75 Å². The van der Waals surface area contributed by atoms with Gasteiger partial charge in [0.25, 0.3) is 5.91 Å². The molecule has 6 nitrogen and oxygen atoms in total. The number of hydrogen-bond donors (Lipinski definition) is 3. The number of hydrogen-bond acceptors (Lipinski definition) is 4. The van der Waals surface area contributed by atoms with Gasteiger partial charge in [-0.25, -0.2) is 10.3 Å². The Morgan fingerprint density at radius 1 is 1.10 bits per heavy atom. The number of carboxylic acids is 1. The summed E-state index contributed by atoms with van der Waals surface area (Å²) in [6.45, 7) is 0.215. The van der Waals surface area contributed by atoms with Crippen LogP contribution in [0, 0.1) is 0 Å². The fourth-order valence-electron chi connectivity index (χ4n) is 1.76. The van der Waals surface area contributed by atoms with E-state index in [0.717, 1.165) is 11.6 Å². The quantitative estimate of drug-likeness (QED) is 0.578. The predicted octanol–water partition coefficient (Wildman–Crippen LogP) is 2.08. The number of rotatable bonds is 5. The number of carbonyl (C=O) groups is 2. The summed E-state index contributed by atoms with van der Waals surface area (Å²) in [5.41, 5.74) is 2.23. The molecule has 0 unspecified atom stereocenters. The van der Waals surface area contributed by atoms with Crippen LogP contribution in [0.3, 0.4) is 0 Å². The van der Waals surface area contributed by atoms with Crippen LogP contribution in [0.1, 0.15) is 26.3 Å². The Kier molecular flexibility index (Phi) is 4.53. The summed E-state index contributed by atoms with van der Waals surface area (Å²) in [5, 5.41) is 17.7. The zero-order chi connectivity index (χ0) is 15.2. The highest BCUT2D eigenvalue weighted by Crippen LogP contribution is 2.21. The Morgan fingerprint density at radius 3 is 2.43 bits per heavy atom. The van der Waals surface area contributed by atoms with Crippen LogP contribution in [0.15, 0.2) is 48.5 Å². The third-order valence-electron chi connectivity index (χ3n) is 2.81. The van der Waals surface area contributed by atoms with Crippen molar-refractivity contribution >= 4 is 11.9 Å². The molecule has 0 bridgehead atoms.